The number of ketones is 1. The molecule has 0 unspecified atom stereocenters. The Labute approximate surface area is 207 Å². The van der Waals surface area contributed by atoms with E-state index < -0.39 is 23.4 Å². The number of piperazine rings is 1. The summed E-state index contributed by atoms with van der Waals surface area (Å²) in [5.41, 5.74) is -0.821. The Kier molecular flexibility index (Phi) is 7.70. The topological polar surface area (TPSA) is 92.0 Å². The first-order valence-electron chi connectivity index (χ1n) is 12.1. The number of rotatable bonds is 6. The van der Waals surface area contributed by atoms with Gasteiger partial charge in [0.1, 0.15) is 5.82 Å². The van der Waals surface area contributed by atoms with Crippen LogP contribution >= 0.6 is 0 Å². The number of hydrogen-bond donors (Lipinski definition) is 0. The van der Waals surface area contributed by atoms with Crippen molar-refractivity contribution < 1.29 is 31.9 Å². The van der Waals surface area contributed by atoms with Crippen LogP contribution in [0.3, 0.4) is 0 Å². The number of aromatic nitrogens is 2. The van der Waals surface area contributed by atoms with Crippen LogP contribution in [0.2, 0.25) is 0 Å². The maximum atomic E-state index is 13.6. The molecular formula is C24H30F3N5O4. The van der Waals surface area contributed by atoms with Gasteiger partial charge in [-0.15, -0.1) is 0 Å². The molecule has 4 rings (SSSR count). The molecule has 36 heavy (non-hydrogen) atoms. The summed E-state index contributed by atoms with van der Waals surface area (Å²) in [4.78, 5) is 38.1. The number of anilines is 2. The molecule has 0 bridgehead atoms. The Hall–Kier alpha value is -3.31. The second kappa shape index (κ2) is 10.8. The van der Waals surface area contributed by atoms with E-state index in [1.165, 1.54) is 6.20 Å². The summed E-state index contributed by atoms with van der Waals surface area (Å²) in [5, 5.41) is 0. The minimum atomic E-state index is -4.80. The number of pyridine rings is 1. The highest BCUT2D eigenvalue weighted by molar-refractivity contribution is 5.96. The van der Waals surface area contributed by atoms with Gasteiger partial charge >= 0.3 is 12.3 Å². The smallest absolute Gasteiger partial charge is 0.437 e. The molecule has 2 aromatic heterocycles. The van der Waals surface area contributed by atoms with E-state index in [-0.39, 0.29) is 24.6 Å². The van der Waals surface area contributed by atoms with E-state index in [0.717, 1.165) is 19.3 Å². The van der Waals surface area contributed by atoms with Crippen molar-refractivity contribution in [3.8, 4) is 0 Å². The molecule has 2 aliphatic rings. The lowest BCUT2D eigenvalue weighted by Gasteiger charge is -2.35. The molecule has 2 aromatic rings. The van der Waals surface area contributed by atoms with Crippen LogP contribution in [0.4, 0.5) is 29.8 Å². The van der Waals surface area contributed by atoms with Gasteiger partial charge in [-0.2, -0.15) is 18.2 Å². The normalized spacial score (nSPS) is 17.0. The second-order valence-electron chi connectivity index (χ2n) is 9.25. The molecule has 1 amide bonds. The van der Waals surface area contributed by atoms with Crippen LogP contribution in [0, 0.1) is 0 Å². The van der Waals surface area contributed by atoms with E-state index in [1.807, 2.05) is 4.90 Å². The number of halogens is 3. The van der Waals surface area contributed by atoms with E-state index in [2.05, 4.69) is 9.97 Å². The molecule has 0 saturated carbocycles. The average molecular weight is 510 g/mol. The van der Waals surface area contributed by atoms with Gasteiger partial charge in [-0.05, 0) is 44.7 Å². The summed E-state index contributed by atoms with van der Waals surface area (Å²) >= 11 is 0. The first-order valence-corrected chi connectivity index (χ1v) is 12.1. The predicted molar refractivity (Wildman–Crippen MR) is 125 cm³/mol. The third kappa shape index (κ3) is 6.08. The number of Topliss-reactive ketones (excluding diaryl/α,β-unsaturated/α-hetero) is 1. The van der Waals surface area contributed by atoms with Gasteiger partial charge in [0.2, 0.25) is 11.5 Å². The predicted octanol–water partition coefficient (Wildman–Crippen LogP) is 4.17. The maximum absolute atomic E-state index is 13.6. The third-order valence-electron chi connectivity index (χ3n) is 6.14. The summed E-state index contributed by atoms with van der Waals surface area (Å²) in [7, 11) is 0. The first kappa shape index (κ1) is 25.8. The molecule has 0 aliphatic carbocycles. The summed E-state index contributed by atoms with van der Waals surface area (Å²) < 4.78 is 51.3. The highest BCUT2D eigenvalue weighted by Crippen LogP contribution is 2.35. The van der Waals surface area contributed by atoms with Crippen LogP contribution in [0.5, 0.6) is 0 Å². The molecule has 0 N–H and O–H groups in total. The van der Waals surface area contributed by atoms with Crippen molar-refractivity contribution in [2.45, 2.75) is 51.8 Å². The fourth-order valence-corrected chi connectivity index (χ4v) is 4.28. The van der Waals surface area contributed by atoms with E-state index in [4.69, 9.17) is 9.15 Å². The molecular weight excluding hydrogens is 479 g/mol. The van der Waals surface area contributed by atoms with E-state index in [9.17, 15) is 22.8 Å². The molecule has 0 aromatic carbocycles. The van der Waals surface area contributed by atoms with E-state index in [0.29, 0.717) is 50.6 Å². The quantitative estimate of drug-likeness (QED) is 0.536. The molecule has 9 nitrogen and oxygen atoms in total. The Balaban J connectivity index is 1.40. The van der Waals surface area contributed by atoms with Gasteiger partial charge in [0, 0.05) is 51.9 Å². The average Bonchev–Trinajstić information content (AvgIpc) is 3.31. The third-order valence-corrected chi connectivity index (χ3v) is 6.14. The zero-order valence-corrected chi connectivity index (χ0v) is 20.4. The van der Waals surface area contributed by atoms with Crippen molar-refractivity contribution in [3.05, 3.63) is 35.3 Å². The number of carbonyl (C=O) groups is 2. The number of alkyl halides is 3. The van der Waals surface area contributed by atoms with Gasteiger partial charge in [-0.25, -0.2) is 9.78 Å². The Bertz CT molecular complexity index is 1060. The second-order valence-corrected chi connectivity index (χ2v) is 9.25. The van der Waals surface area contributed by atoms with Crippen molar-refractivity contribution in [2.75, 3.05) is 49.1 Å². The minimum Gasteiger partial charge on any atom is -0.447 e. The van der Waals surface area contributed by atoms with Gasteiger partial charge in [0.05, 0.1) is 6.10 Å². The van der Waals surface area contributed by atoms with Crippen LogP contribution in [-0.4, -0.2) is 72.1 Å². The number of amides is 1. The zero-order chi connectivity index (χ0) is 25.9. The molecule has 2 aliphatic heterocycles. The van der Waals surface area contributed by atoms with Gasteiger partial charge in [-0.1, -0.05) is 6.07 Å². The Morgan fingerprint density at radius 1 is 1.03 bits per heavy atom. The number of piperidine rings is 1. The van der Waals surface area contributed by atoms with Gasteiger partial charge in [0.25, 0.3) is 6.01 Å². The van der Waals surface area contributed by atoms with Crippen molar-refractivity contribution in [3.63, 3.8) is 0 Å². The van der Waals surface area contributed by atoms with Gasteiger partial charge in [0.15, 0.2) is 5.69 Å². The van der Waals surface area contributed by atoms with Gasteiger partial charge in [-0.3, -0.25) is 4.79 Å². The van der Waals surface area contributed by atoms with Crippen molar-refractivity contribution in [1.29, 1.82) is 0 Å². The molecule has 4 heterocycles. The van der Waals surface area contributed by atoms with Crippen LogP contribution in [0.1, 0.15) is 54.9 Å². The highest BCUT2D eigenvalue weighted by atomic mass is 19.4. The van der Waals surface area contributed by atoms with E-state index >= 15 is 0 Å². The van der Waals surface area contributed by atoms with Crippen LogP contribution in [-0.2, 0) is 17.3 Å². The summed E-state index contributed by atoms with van der Waals surface area (Å²) in [5.74, 6) is -0.910. The lowest BCUT2D eigenvalue weighted by Crippen LogP contribution is -2.49. The molecule has 0 atom stereocenters. The first-order chi connectivity index (χ1) is 17.1. The standard InChI is InChI=1S/C24H30F3N5O4/c1-16(2)35-23(34)32-12-10-30(11-13-32)19-7-6-17(15-28-19)14-18(33)20-21(24(25,26)27)29-22(36-20)31-8-4-3-5-9-31/h6-7,15-16H,3-5,8-14H2,1-2H3. The molecule has 0 spiro atoms. The van der Waals surface area contributed by atoms with Crippen molar-refractivity contribution in [2.24, 2.45) is 0 Å². The lowest BCUT2D eigenvalue weighted by atomic mass is 10.1. The molecule has 2 fully saturated rings. The SMILES string of the molecule is CC(C)OC(=O)N1CCN(c2ccc(CC(=O)c3oc(N4CCCCC4)nc3C(F)(F)F)cn2)CC1. The number of ether oxygens (including phenoxy) is 1. The molecule has 12 heteroatoms. The number of carbonyl (C=O) groups excluding carboxylic acids is 2. The molecule has 196 valence electrons. The maximum Gasteiger partial charge on any atom is 0.437 e. The van der Waals surface area contributed by atoms with Gasteiger partial charge < -0.3 is 23.9 Å². The largest absolute Gasteiger partial charge is 0.447 e. The summed E-state index contributed by atoms with van der Waals surface area (Å²) in [6.07, 6.45) is -1.48. The Morgan fingerprint density at radius 3 is 2.31 bits per heavy atom. The van der Waals surface area contributed by atoms with Crippen LogP contribution in [0.15, 0.2) is 22.7 Å². The lowest BCUT2D eigenvalue weighted by molar-refractivity contribution is -0.141. The van der Waals surface area contributed by atoms with Crippen LogP contribution in [0.25, 0.3) is 0 Å². The minimum absolute atomic E-state index is 0.157. The highest BCUT2D eigenvalue weighted by Gasteiger charge is 2.41. The molecule has 0 radical (unpaired) electrons. The fourth-order valence-electron chi connectivity index (χ4n) is 4.28. The van der Waals surface area contributed by atoms with Crippen molar-refractivity contribution in [1.82, 2.24) is 14.9 Å². The Morgan fingerprint density at radius 2 is 1.72 bits per heavy atom. The fraction of sp³-hybridized carbons (Fsp3) is 0.583. The summed E-state index contributed by atoms with van der Waals surface area (Å²) in [6.45, 7) is 6.77. The van der Waals surface area contributed by atoms with Crippen molar-refractivity contribution >= 4 is 23.7 Å². The zero-order valence-electron chi connectivity index (χ0n) is 20.4. The molecule has 2 saturated heterocycles. The summed E-state index contributed by atoms with van der Waals surface area (Å²) in [6, 6.07) is 3.22. The number of nitrogens with zero attached hydrogens (tertiary/aromatic N) is 5. The van der Waals surface area contributed by atoms with E-state index in [1.54, 1.807) is 35.8 Å². The monoisotopic (exact) mass is 509 g/mol. The number of hydrogen-bond acceptors (Lipinski definition) is 8. The number of oxazole rings is 1. The van der Waals surface area contributed by atoms with Crippen LogP contribution < -0.4 is 9.80 Å².